The Hall–Kier alpha value is -1.05. The molecule has 0 fully saturated rings. The highest BCUT2D eigenvalue weighted by molar-refractivity contribution is 5.24. The Kier molecular flexibility index (Phi) is 6.76. The third kappa shape index (κ3) is 5.40. The van der Waals surface area contributed by atoms with E-state index in [9.17, 15) is 0 Å². The predicted octanol–water partition coefficient (Wildman–Crippen LogP) is 4.02. The molecule has 15 heavy (non-hydrogen) atoms. The normalized spacial score (nSPS) is 9.87. The first-order valence-corrected chi connectivity index (χ1v) is 5.72. The molecule has 0 aromatic carbocycles. The average Bonchev–Trinajstić information content (AvgIpc) is 2.20. The molecule has 0 unspecified atom stereocenters. The largest absolute Gasteiger partial charge is 0.491 e. The lowest BCUT2D eigenvalue weighted by Gasteiger charge is -2.11. The van der Waals surface area contributed by atoms with Crippen LogP contribution >= 0.6 is 0 Å². The Labute approximate surface area is 93.7 Å². The maximum Gasteiger partial charge on any atom is 0.123 e. The van der Waals surface area contributed by atoms with Crippen LogP contribution in [0.1, 0.15) is 53.2 Å². The van der Waals surface area contributed by atoms with Crippen LogP contribution in [-0.2, 0) is 0 Å². The van der Waals surface area contributed by atoms with Gasteiger partial charge in [-0.2, -0.15) is 0 Å². The molecule has 0 bridgehead atoms. The molecule has 0 radical (unpaired) electrons. The van der Waals surface area contributed by atoms with Crippen molar-refractivity contribution in [2.24, 2.45) is 0 Å². The van der Waals surface area contributed by atoms with Gasteiger partial charge in [0.25, 0.3) is 0 Å². The Morgan fingerprint density at radius 1 is 1.13 bits per heavy atom. The van der Waals surface area contributed by atoms with Crippen molar-refractivity contribution in [1.29, 1.82) is 0 Å². The SMILES string of the molecule is CC.CC(C)Oc1ccnc(C(C)C)c1. The standard InChI is InChI=1S/C11H17NO.C2H6/c1-8(2)11-7-10(5-6-12-11)13-9(3)4;1-2/h5-9H,1-4H3;1-2H3. The molecule has 1 aromatic heterocycles. The molecule has 2 heteroatoms. The van der Waals surface area contributed by atoms with Crippen LogP contribution in [0.3, 0.4) is 0 Å². The Morgan fingerprint density at radius 3 is 2.20 bits per heavy atom. The third-order valence-electron chi connectivity index (χ3n) is 1.72. The molecule has 0 aliphatic rings. The average molecular weight is 209 g/mol. The summed E-state index contributed by atoms with van der Waals surface area (Å²) in [5.74, 6) is 1.37. The second-order valence-electron chi connectivity index (χ2n) is 3.74. The van der Waals surface area contributed by atoms with E-state index in [-0.39, 0.29) is 6.10 Å². The summed E-state index contributed by atoms with van der Waals surface area (Å²) in [7, 11) is 0. The number of hydrogen-bond donors (Lipinski definition) is 0. The molecule has 1 heterocycles. The van der Waals surface area contributed by atoms with Gasteiger partial charge in [-0.05, 0) is 25.8 Å². The van der Waals surface area contributed by atoms with Crippen molar-refractivity contribution in [3.63, 3.8) is 0 Å². The van der Waals surface area contributed by atoms with Gasteiger partial charge in [0.15, 0.2) is 0 Å². The topological polar surface area (TPSA) is 22.1 Å². The fourth-order valence-electron chi connectivity index (χ4n) is 1.09. The van der Waals surface area contributed by atoms with Crippen molar-refractivity contribution in [2.75, 3.05) is 0 Å². The fourth-order valence-corrected chi connectivity index (χ4v) is 1.09. The van der Waals surface area contributed by atoms with Crippen LogP contribution in [0.25, 0.3) is 0 Å². The molecule has 1 aromatic rings. The molecule has 0 aliphatic carbocycles. The molecule has 2 nitrogen and oxygen atoms in total. The van der Waals surface area contributed by atoms with Gasteiger partial charge in [0.1, 0.15) is 5.75 Å². The zero-order valence-corrected chi connectivity index (χ0v) is 10.7. The van der Waals surface area contributed by atoms with Crippen molar-refractivity contribution >= 4 is 0 Å². The molecule has 1 rings (SSSR count). The molecule has 0 aliphatic heterocycles. The van der Waals surface area contributed by atoms with E-state index >= 15 is 0 Å². The minimum absolute atomic E-state index is 0.224. The van der Waals surface area contributed by atoms with Crippen LogP contribution in [0, 0.1) is 0 Å². The summed E-state index contributed by atoms with van der Waals surface area (Å²) in [5, 5.41) is 0. The molecule has 0 amide bonds. The summed E-state index contributed by atoms with van der Waals surface area (Å²) < 4.78 is 5.56. The minimum atomic E-state index is 0.224. The van der Waals surface area contributed by atoms with Crippen molar-refractivity contribution in [3.05, 3.63) is 24.0 Å². The zero-order valence-electron chi connectivity index (χ0n) is 10.7. The van der Waals surface area contributed by atoms with Gasteiger partial charge in [0, 0.05) is 18.0 Å². The van der Waals surface area contributed by atoms with Gasteiger partial charge in [-0.15, -0.1) is 0 Å². The van der Waals surface area contributed by atoms with Crippen LogP contribution in [0.4, 0.5) is 0 Å². The van der Waals surface area contributed by atoms with Crippen LogP contribution < -0.4 is 4.74 Å². The van der Waals surface area contributed by atoms with Gasteiger partial charge >= 0.3 is 0 Å². The van der Waals surface area contributed by atoms with Gasteiger partial charge in [0.2, 0.25) is 0 Å². The van der Waals surface area contributed by atoms with Gasteiger partial charge < -0.3 is 4.74 Å². The van der Waals surface area contributed by atoms with Crippen molar-refractivity contribution in [3.8, 4) is 5.75 Å². The molecular formula is C13H23NO. The molecule has 0 saturated heterocycles. The smallest absolute Gasteiger partial charge is 0.123 e. The van der Waals surface area contributed by atoms with Crippen LogP contribution in [0.5, 0.6) is 5.75 Å². The van der Waals surface area contributed by atoms with Crippen LogP contribution in [-0.4, -0.2) is 11.1 Å². The summed E-state index contributed by atoms with van der Waals surface area (Å²) in [6, 6.07) is 3.90. The van der Waals surface area contributed by atoms with Gasteiger partial charge in [-0.1, -0.05) is 27.7 Å². The first kappa shape index (κ1) is 13.9. The Morgan fingerprint density at radius 2 is 1.73 bits per heavy atom. The lowest BCUT2D eigenvalue weighted by atomic mass is 10.1. The third-order valence-corrected chi connectivity index (χ3v) is 1.72. The number of nitrogens with zero attached hydrogens (tertiary/aromatic N) is 1. The number of pyridine rings is 1. The Balaban J connectivity index is 0.000000921. The monoisotopic (exact) mass is 209 g/mol. The summed E-state index contributed by atoms with van der Waals surface area (Å²) in [6.45, 7) is 12.3. The van der Waals surface area contributed by atoms with Gasteiger partial charge in [-0.3, -0.25) is 4.98 Å². The van der Waals surface area contributed by atoms with Crippen molar-refractivity contribution in [2.45, 2.75) is 53.6 Å². The van der Waals surface area contributed by atoms with E-state index in [0.717, 1.165) is 11.4 Å². The first-order chi connectivity index (χ1) is 7.09. The highest BCUT2D eigenvalue weighted by Crippen LogP contribution is 2.18. The van der Waals surface area contributed by atoms with E-state index < -0.39 is 0 Å². The highest BCUT2D eigenvalue weighted by Gasteiger charge is 2.03. The number of hydrogen-bond acceptors (Lipinski definition) is 2. The number of aromatic nitrogens is 1. The van der Waals surface area contributed by atoms with E-state index in [1.54, 1.807) is 6.20 Å². The Bertz CT molecular complexity index is 269. The van der Waals surface area contributed by atoms with Crippen LogP contribution in [0.15, 0.2) is 18.3 Å². The maximum atomic E-state index is 5.56. The van der Waals surface area contributed by atoms with E-state index in [4.69, 9.17) is 4.74 Å². The first-order valence-electron chi connectivity index (χ1n) is 5.72. The predicted molar refractivity (Wildman–Crippen MR) is 65.4 cm³/mol. The van der Waals surface area contributed by atoms with Crippen molar-refractivity contribution < 1.29 is 4.74 Å². The summed E-state index contributed by atoms with van der Waals surface area (Å²) in [5.41, 5.74) is 1.08. The summed E-state index contributed by atoms with van der Waals surface area (Å²) >= 11 is 0. The molecule has 0 N–H and O–H groups in total. The summed E-state index contributed by atoms with van der Waals surface area (Å²) in [4.78, 5) is 4.27. The van der Waals surface area contributed by atoms with Gasteiger partial charge in [0.05, 0.1) is 6.10 Å². The van der Waals surface area contributed by atoms with Crippen LogP contribution in [0.2, 0.25) is 0 Å². The van der Waals surface area contributed by atoms with Crippen molar-refractivity contribution in [1.82, 2.24) is 4.98 Å². The highest BCUT2D eigenvalue weighted by atomic mass is 16.5. The lowest BCUT2D eigenvalue weighted by molar-refractivity contribution is 0.242. The second kappa shape index (κ2) is 7.27. The quantitative estimate of drug-likeness (QED) is 0.750. The van der Waals surface area contributed by atoms with E-state index in [1.807, 2.05) is 39.8 Å². The molecular weight excluding hydrogens is 186 g/mol. The minimum Gasteiger partial charge on any atom is -0.491 e. The molecule has 0 atom stereocenters. The van der Waals surface area contributed by atoms with E-state index in [0.29, 0.717) is 5.92 Å². The molecule has 0 spiro atoms. The summed E-state index contributed by atoms with van der Waals surface area (Å²) in [6.07, 6.45) is 2.02. The fraction of sp³-hybridized carbons (Fsp3) is 0.615. The maximum absolute atomic E-state index is 5.56. The zero-order chi connectivity index (χ0) is 11.8. The van der Waals surface area contributed by atoms with E-state index in [2.05, 4.69) is 18.8 Å². The van der Waals surface area contributed by atoms with Gasteiger partial charge in [-0.25, -0.2) is 0 Å². The molecule has 86 valence electrons. The lowest BCUT2D eigenvalue weighted by Crippen LogP contribution is -2.06. The molecule has 0 saturated carbocycles. The number of ether oxygens (including phenoxy) is 1. The number of rotatable bonds is 3. The second-order valence-corrected chi connectivity index (χ2v) is 3.74. The van der Waals surface area contributed by atoms with E-state index in [1.165, 1.54) is 0 Å².